The summed E-state index contributed by atoms with van der Waals surface area (Å²) in [6.45, 7) is 10.9. The molecule has 1 aliphatic rings. The lowest BCUT2D eigenvalue weighted by Gasteiger charge is -2.21. The Morgan fingerprint density at radius 3 is 2.62 bits per heavy atom. The van der Waals surface area contributed by atoms with E-state index in [0.717, 1.165) is 22.6 Å². The van der Waals surface area contributed by atoms with E-state index in [1.165, 1.54) is 5.56 Å². The molecule has 2 aromatic rings. The predicted molar refractivity (Wildman–Crippen MR) is 84.5 cm³/mol. The minimum absolute atomic E-state index is 0.109. The molecular formula is C16H21NO3S. The van der Waals surface area contributed by atoms with Crippen LogP contribution in [-0.2, 0) is 4.74 Å². The third-order valence-electron chi connectivity index (χ3n) is 2.95. The van der Waals surface area contributed by atoms with Gasteiger partial charge in [0.15, 0.2) is 0 Å². The number of rotatable bonds is 4. The summed E-state index contributed by atoms with van der Waals surface area (Å²) in [5.41, 5.74) is 1.80. The van der Waals surface area contributed by atoms with Crippen LogP contribution in [0, 0.1) is 0 Å². The molecule has 1 saturated heterocycles. The second kappa shape index (κ2) is 5.14. The van der Waals surface area contributed by atoms with Gasteiger partial charge in [-0.1, -0.05) is 17.4 Å². The van der Waals surface area contributed by atoms with E-state index in [-0.39, 0.29) is 17.8 Å². The van der Waals surface area contributed by atoms with E-state index in [1.54, 1.807) is 11.3 Å². The molecule has 2 heterocycles. The summed E-state index contributed by atoms with van der Waals surface area (Å²) in [5, 5.41) is 0.687. The summed E-state index contributed by atoms with van der Waals surface area (Å²) in [5.74, 6) is 0.803. The molecule has 0 bridgehead atoms. The van der Waals surface area contributed by atoms with Crippen molar-refractivity contribution < 1.29 is 14.2 Å². The third kappa shape index (κ3) is 3.30. The van der Waals surface area contributed by atoms with Crippen LogP contribution in [0.15, 0.2) is 12.1 Å². The van der Waals surface area contributed by atoms with E-state index in [1.807, 2.05) is 40.7 Å². The zero-order chi connectivity index (χ0) is 15.2. The lowest BCUT2D eigenvalue weighted by Crippen LogP contribution is -2.23. The number of benzene rings is 1. The first-order chi connectivity index (χ1) is 9.83. The van der Waals surface area contributed by atoms with Gasteiger partial charge < -0.3 is 14.2 Å². The van der Waals surface area contributed by atoms with Crippen LogP contribution < -0.4 is 9.47 Å². The van der Waals surface area contributed by atoms with E-state index in [9.17, 15) is 0 Å². The Labute approximate surface area is 129 Å². The minimum Gasteiger partial charge on any atom is -0.486 e. The highest BCUT2D eigenvalue weighted by molar-refractivity contribution is 7.20. The van der Waals surface area contributed by atoms with Crippen molar-refractivity contribution >= 4 is 21.6 Å². The van der Waals surface area contributed by atoms with E-state index < -0.39 is 0 Å². The van der Waals surface area contributed by atoms with Gasteiger partial charge in [-0.15, -0.1) is 0 Å². The second-order valence-electron chi connectivity index (χ2n) is 6.51. The molecule has 4 nitrogen and oxygen atoms in total. The fourth-order valence-corrected chi connectivity index (χ4v) is 3.24. The van der Waals surface area contributed by atoms with Crippen LogP contribution in [0.2, 0.25) is 0 Å². The van der Waals surface area contributed by atoms with Gasteiger partial charge >= 0.3 is 0 Å². The van der Waals surface area contributed by atoms with Gasteiger partial charge in [-0.05, 0) is 40.7 Å². The molecule has 0 unspecified atom stereocenters. The van der Waals surface area contributed by atoms with Crippen molar-refractivity contribution in [2.24, 2.45) is 0 Å². The molecule has 1 aliphatic heterocycles. The summed E-state index contributed by atoms with van der Waals surface area (Å²) in [4.78, 5) is 4.62. The quantitative estimate of drug-likeness (QED) is 0.788. The maximum absolute atomic E-state index is 6.04. The van der Waals surface area contributed by atoms with Gasteiger partial charge in [0.25, 0.3) is 5.19 Å². The van der Waals surface area contributed by atoms with E-state index in [2.05, 4.69) is 11.1 Å². The molecule has 0 saturated carbocycles. The Morgan fingerprint density at radius 1 is 1.33 bits per heavy atom. The molecule has 5 heteroatoms. The summed E-state index contributed by atoms with van der Waals surface area (Å²) >= 11 is 1.57. The molecule has 1 atom stereocenters. The lowest BCUT2D eigenvalue weighted by atomic mass is 10.1. The summed E-state index contributed by atoms with van der Waals surface area (Å²) in [7, 11) is 0. The Morgan fingerprint density at radius 2 is 2.05 bits per heavy atom. The summed E-state index contributed by atoms with van der Waals surface area (Å²) < 4.78 is 18.3. The van der Waals surface area contributed by atoms with Crippen LogP contribution in [0.3, 0.4) is 0 Å². The van der Waals surface area contributed by atoms with E-state index >= 15 is 0 Å². The molecule has 114 valence electrons. The predicted octanol–water partition coefficient (Wildman–Crippen LogP) is 4.33. The van der Waals surface area contributed by atoms with Crippen LogP contribution >= 0.6 is 11.3 Å². The average Bonchev–Trinajstić information content (AvgIpc) is 3.07. The SMILES string of the molecule is CC(C)Oc1nc2c(OC(C)(C)C)ccc([C@@H]3CO3)c2s1. The largest absolute Gasteiger partial charge is 0.486 e. The summed E-state index contributed by atoms with van der Waals surface area (Å²) in [6.07, 6.45) is 0.307. The lowest BCUT2D eigenvalue weighted by molar-refractivity contribution is 0.133. The fourth-order valence-electron chi connectivity index (χ4n) is 2.13. The van der Waals surface area contributed by atoms with Crippen molar-refractivity contribution in [3.8, 4) is 10.9 Å². The van der Waals surface area contributed by atoms with Crippen LogP contribution in [0.25, 0.3) is 10.2 Å². The summed E-state index contributed by atoms with van der Waals surface area (Å²) in [6, 6.07) is 4.07. The molecule has 21 heavy (non-hydrogen) atoms. The number of nitrogens with zero attached hydrogens (tertiary/aromatic N) is 1. The Bertz CT molecular complexity index is 653. The van der Waals surface area contributed by atoms with Gasteiger partial charge in [0.2, 0.25) is 0 Å². The monoisotopic (exact) mass is 307 g/mol. The Balaban J connectivity index is 2.07. The molecule has 1 aromatic heterocycles. The second-order valence-corrected chi connectivity index (χ2v) is 7.48. The Kier molecular flexibility index (Phi) is 3.58. The maximum atomic E-state index is 6.04. The fraction of sp³-hybridized carbons (Fsp3) is 0.562. The van der Waals surface area contributed by atoms with Crippen molar-refractivity contribution in [2.75, 3.05) is 6.61 Å². The Hall–Kier alpha value is -1.33. The first-order valence-electron chi connectivity index (χ1n) is 7.24. The van der Waals surface area contributed by atoms with Gasteiger partial charge in [-0.3, -0.25) is 0 Å². The number of thiazole rings is 1. The van der Waals surface area contributed by atoms with Gasteiger partial charge in [0.1, 0.15) is 23.0 Å². The number of hydrogen-bond acceptors (Lipinski definition) is 5. The molecule has 1 fully saturated rings. The third-order valence-corrected chi connectivity index (χ3v) is 3.95. The number of epoxide rings is 1. The topological polar surface area (TPSA) is 43.9 Å². The number of ether oxygens (including phenoxy) is 3. The van der Waals surface area contributed by atoms with Crippen LogP contribution in [0.4, 0.5) is 0 Å². The molecule has 0 spiro atoms. The first-order valence-corrected chi connectivity index (χ1v) is 8.06. The molecule has 0 radical (unpaired) electrons. The van der Waals surface area contributed by atoms with Gasteiger partial charge in [-0.25, -0.2) is 0 Å². The van der Waals surface area contributed by atoms with Crippen molar-refractivity contribution in [2.45, 2.75) is 52.4 Å². The van der Waals surface area contributed by atoms with Crippen molar-refractivity contribution in [3.05, 3.63) is 17.7 Å². The molecule has 0 amide bonds. The van der Waals surface area contributed by atoms with Crippen molar-refractivity contribution in [1.29, 1.82) is 0 Å². The van der Waals surface area contributed by atoms with Crippen LogP contribution in [-0.4, -0.2) is 23.3 Å². The highest BCUT2D eigenvalue weighted by Crippen LogP contribution is 2.43. The minimum atomic E-state index is -0.257. The molecule has 1 aromatic carbocycles. The average molecular weight is 307 g/mol. The number of hydrogen-bond donors (Lipinski definition) is 0. The zero-order valence-electron chi connectivity index (χ0n) is 13.1. The van der Waals surface area contributed by atoms with Gasteiger partial charge in [-0.2, -0.15) is 4.98 Å². The smallest absolute Gasteiger partial charge is 0.274 e. The maximum Gasteiger partial charge on any atom is 0.274 e. The van der Waals surface area contributed by atoms with E-state index in [4.69, 9.17) is 14.2 Å². The van der Waals surface area contributed by atoms with Crippen LogP contribution in [0.5, 0.6) is 10.9 Å². The molecule has 0 N–H and O–H groups in total. The number of aromatic nitrogens is 1. The highest BCUT2D eigenvalue weighted by atomic mass is 32.1. The van der Waals surface area contributed by atoms with Gasteiger partial charge in [0.05, 0.1) is 17.4 Å². The normalized spacial score (nSPS) is 18.3. The standard InChI is InChI=1S/C16H21NO3S/c1-9(2)19-15-17-13-11(20-16(3,4)5)7-6-10(12-8-18-12)14(13)21-15/h6-7,9,12H,8H2,1-5H3/t12-/m0/s1. The first kappa shape index (κ1) is 14.6. The molecule has 0 aliphatic carbocycles. The molecular weight excluding hydrogens is 286 g/mol. The highest BCUT2D eigenvalue weighted by Gasteiger charge is 2.29. The van der Waals surface area contributed by atoms with Gasteiger partial charge in [0, 0.05) is 5.56 Å². The molecule has 3 rings (SSSR count). The van der Waals surface area contributed by atoms with Crippen molar-refractivity contribution in [3.63, 3.8) is 0 Å². The van der Waals surface area contributed by atoms with Crippen molar-refractivity contribution in [1.82, 2.24) is 4.98 Å². The zero-order valence-corrected chi connectivity index (χ0v) is 13.9. The van der Waals surface area contributed by atoms with Crippen LogP contribution in [0.1, 0.15) is 46.3 Å². The van der Waals surface area contributed by atoms with E-state index in [0.29, 0.717) is 5.19 Å². The number of fused-ring (bicyclic) bond motifs is 1.